The van der Waals surface area contributed by atoms with E-state index >= 15 is 0 Å². The van der Waals surface area contributed by atoms with E-state index in [2.05, 4.69) is 21.2 Å². The molecule has 0 amide bonds. The lowest BCUT2D eigenvalue weighted by Crippen LogP contribution is -1.97. The van der Waals surface area contributed by atoms with Gasteiger partial charge in [0.1, 0.15) is 0 Å². The van der Waals surface area contributed by atoms with E-state index in [1.165, 1.54) is 0 Å². The molecule has 0 bridgehead atoms. The molecule has 0 saturated heterocycles. The van der Waals surface area contributed by atoms with Gasteiger partial charge in [-0.25, -0.2) is 0 Å². The lowest BCUT2D eigenvalue weighted by Gasteiger charge is -2.12. The third-order valence-corrected chi connectivity index (χ3v) is 3.82. The van der Waals surface area contributed by atoms with Crippen LogP contribution in [0.15, 0.2) is 34.8 Å². The van der Waals surface area contributed by atoms with E-state index in [0.717, 1.165) is 10.2 Å². The summed E-state index contributed by atoms with van der Waals surface area (Å²) in [6, 6.07) is 8.77. The van der Waals surface area contributed by atoms with E-state index in [0.29, 0.717) is 26.4 Å². The van der Waals surface area contributed by atoms with Crippen LogP contribution in [0, 0.1) is 0 Å². The molecule has 0 radical (unpaired) electrons. The summed E-state index contributed by atoms with van der Waals surface area (Å²) in [5.41, 5.74) is 7.76. The smallest absolute Gasteiger partial charge is 0.0652 e. The molecule has 0 spiro atoms. The van der Waals surface area contributed by atoms with E-state index in [9.17, 15) is 0 Å². The van der Waals surface area contributed by atoms with Gasteiger partial charge in [-0.2, -0.15) is 0 Å². The van der Waals surface area contributed by atoms with Gasteiger partial charge in [0.2, 0.25) is 0 Å². The van der Waals surface area contributed by atoms with Crippen LogP contribution in [0.5, 0.6) is 0 Å². The maximum absolute atomic E-state index is 6.11. The Morgan fingerprint density at radius 2 is 1.56 bits per heavy atom. The zero-order chi connectivity index (χ0) is 13.3. The monoisotopic (exact) mass is 364 g/mol. The van der Waals surface area contributed by atoms with Crippen molar-refractivity contribution in [3.63, 3.8) is 0 Å². The van der Waals surface area contributed by atoms with Gasteiger partial charge in [-0.3, -0.25) is 0 Å². The van der Waals surface area contributed by atoms with Gasteiger partial charge in [-0.05, 0) is 30.3 Å². The molecule has 0 heterocycles. The first-order chi connectivity index (χ1) is 8.47. The number of hydrogen-bond acceptors (Lipinski definition) is 2. The minimum absolute atomic E-state index is 0.418. The summed E-state index contributed by atoms with van der Waals surface area (Å²) < 4.78 is 0.903. The number of hydrogen-bond donors (Lipinski definition) is 2. The highest BCUT2D eigenvalue weighted by Gasteiger charge is 2.07. The first-order valence-corrected chi connectivity index (χ1v) is 6.86. The molecular weight excluding hydrogens is 358 g/mol. The zero-order valence-electron chi connectivity index (χ0n) is 8.98. The number of nitrogens with two attached hydrogens (primary N) is 1. The molecule has 0 aromatic heterocycles. The molecule has 3 N–H and O–H groups in total. The Labute approximate surface area is 128 Å². The molecule has 2 nitrogen and oxygen atoms in total. The molecular formula is C12H8BrCl3N2. The third-order valence-electron chi connectivity index (χ3n) is 2.29. The quantitative estimate of drug-likeness (QED) is 0.666. The predicted molar refractivity (Wildman–Crippen MR) is 83.3 cm³/mol. The van der Waals surface area contributed by atoms with Crippen LogP contribution in [-0.4, -0.2) is 0 Å². The summed E-state index contributed by atoms with van der Waals surface area (Å²) in [5.74, 6) is 0. The molecule has 0 aliphatic heterocycles. The summed E-state index contributed by atoms with van der Waals surface area (Å²) in [7, 11) is 0. The molecule has 0 saturated carbocycles. The molecule has 0 aliphatic carbocycles. The van der Waals surface area contributed by atoms with Gasteiger partial charge in [-0.15, -0.1) is 0 Å². The maximum atomic E-state index is 6.11. The van der Waals surface area contributed by atoms with Crippen LogP contribution in [0.25, 0.3) is 0 Å². The molecule has 6 heteroatoms. The normalized spacial score (nSPS) is 10.4. The first-order valence-electron chi connectivity index (χ1n) is 4.94. The van der Waals surface area contributed by atoms with Gasteiger partial charge in [0.15, 0.2) is 0 Å². The van der Waals surface area contributed by atoms with Crippen LogP contribution in [-0.2, 0) is 0 Å². The van der Waals surface area contributed by atoms with Crippen molar-refractivity contribution in [1.82, 2.24) is 0 Å². The Kier molecular flexibility index (Phi) is 4.28. The molecule has 2 rings (SSSR count). The van der Waals surface area contributed by atoms with Gasteiger partial charge in [0.25, 0.3) is 0 Å². The third kappa shape index (κ3) is 3.04. The van der Waals surface area contributed by atoms with E-state index in [1.54, 1.807) is 18.2 Å². The lowest BCUT2D eigenvalue weighted by atomic mass is 10.2. The molecule has 0 atom stereocenters. The average Bonchev–Trinajstić information content (AvgIpc) is 2.29. The van der Waals surface area contributed by atoms with Crippen LogP contribution in [0.1, 0.15) is 0 Å². The van der Waals surface area contributed by atoms with E-state index < -0.39 is 0 Å². The Hall–Kier alpha value is -0.610. The second-order valence-electron chi connectivity index (χ2n) is 3.60. The molecule has 2 aromatic carbocycles. The molecule has 2 aromatic rings. The van der Waals surface area contributed by atoms with E-state index in [4.69, 9.17) is 40.5 Å². The molecule has 18 heavy (non-hydrogen) atoms. The second kappa shape index (κ2) is 5.57. The Bertz CT molecular complexity index is 602. The highest BCUT2D eigenvalue weighted by atomic mass is 79.9. The lowest BCUT2D eigenvalue weighted by molar-refractivity contribution is 1.53. The van der Waals surface area contributed by atoms with Gasteiger partial charge >= 0.3 is 0 Å². The van der Waals surface area contributed by atoms with Crippen molar-refractivity contribution in [2.24, 2.45) is 0 Å². The van der Waals surface area contributed by atoms with E-state index in [-0.39, 0.29) is 0 Å². The van der Waals surface area contributed by atoms with Gasteiger partial charge in [0, 0.05) is 4.47 Å². The summed E-state index contributed by atoms with van der Waals surface area (Å²) in [6.07, 6.45) is 0. The fourth-order valence-electron chi connectivity index (χ4n) is 1.41. The number of benzene rings is 2. The van der Waals surface area contributed by atoms with Crippen molar-refractivity contribution in [2.75, 3.05) is 11.1 Å². The van der Waals surface area contributed by atoms with Gasteiger partial charge in [0.05, 0.1) is 32.1 Å². The highest BCUT2D eigenvalue weighted by molar-refractivity contribution is 9.10. The number of halogens is 4. The largest absolute Gasteiger partial charge is 0.397 e. The Morgan fingerprint density at radius 3 is 2.22 bits per heavy atom. The highest BCUT2D eigenvalue weighted by Crippen LogP contribution is 2.35. The zero-order valence-corrected chi connectivity index (χ0v) is 12.8. The van der Waals surface area contributed by atoms with Crippen LogP contribution in [0.3, 0.4) is 0 Å². The van der Waals surface area contributed by atoms with Crippen molar-refractivity contribution in [1.29, 1.82) is 0 Å². The fraction of sp³-hybridized carbons (Fsp3) is 0. The minimum atomic E-state index is 0.418. The molecule has 94 valence electrons. The van der Waals surface area contributed by atoms with Crippen LogP contribution >= 0.6 is 50.7 Å². The predicted octanol–water partition coefficient (Wildman–Crippen LogP) is 5.74. The summed E-state index contributed by atoms with van der Waals surface area (Å²) >= 11 is 21.3. The molecule has 0 aliphatic rings. The van der Waals surface area contributed by atoms with Gasteiger partial charge in [-0.1, -0.05) is 50.7 Å². The average molecular weight is 366 g/mol. The Morgan fingerprint density at radius 1 is 0.889 bits per heavy atom. The standard InChI is InChI=1S/C12H8BrCl3N2/c13-6-1-2-11(9(16)3-6)18-12-5-8(15)7(14)4-10(12)17/h1-5,18H,17H2. The van der Waals surface area contributed by atoms with Crippen LogP contribution < -0.4 is 11.1 Å². The number of rotatable bonds is 2. The van der Waals surface area contributed by atoms with Crippen molar-refractivity contribution in [2.45, 2.75) is 0 Å². The van der Waals surface area contributed by atoms with E-state index in [1.807, 2.05) is 12.1 Å². The number of nitrogen functional groups attached to an aromatic ring is 1. The number of nitrogens with one attached hydrogen (secondary N) is 1. The summed E-state index contributed by atoms with van der Waals surface area (Å²) in [5, 5.41) is 4.54. The Balaban J connectivity index is 2.37. The van der Waals surface area contributed by atoms with Crippen molar-refractivity contribution in [3.8, 4) is 0 Å². The van der Waals surface area contributed by atoms with Crippen molar-refractivity contribution >= 4 is 67.8 Å². The SMILES string of the molecule is Nc1cc(Cl)c(Cl)cc1Nc1ccc(Br)cc1Cl. The molecule has 0 fully saturated rings. The second-order valence-corrected chi connectivity index (χ2v) is 5.74. The summed E-state index contributed by atoms with van der Waals surface area (Å²) in [4.78, 5) is 0. The molecule has 0 unspecified atom stereocenters. The van der Waals surface area contributed by atoms with Crippen LogP contribution in [0.4, 0.5) is 17.1 Å². The maximum Gasteiger partial charge on any atom is 0.0652 e. The first kappa shape index (κ1) is 13.8. The summed E-state index contributed by atoms with van der Waals surface area (Å²) in [6.45, 7) is 0. The van der Waals surface area contributed by atoms with Crippen molar-refractivity contribution in [3.05, 3.63) is 49.9 Å². The van der Waals surface area contributed by atoms with Crippen molar-refractivity contribution < 1.29 is 0 Å². The number of anilines is 3. The van der Waals surface area contributed by atoms with Gasteiger partial charge < -0.3 is 11.1 Å². The van der Waals surface area contributed by atoms with Crippen LogP contribution in [0.2, 0.25) is 15.1 Å². The fourth-order valence-corrected chi connectivity index (χ4v) is 2.46. The topological polar surface area (TPSA) is 38.0 Å². The minimum Gasteiger partial charge on any atom is -0.397 e.